The normalized spacial score (nSPS) is 14.9. The Balaban J connectivity index is 1.76. The maximum atomic E-state index is 12.6. The molecule has 3 rings (SSSR count). The molecule has 5 heteroatoms. The molecule has 1 aliphatic rings. The molecule has 0 radical (unpaired) electrons. The molecule has 2 aromatic rings. The summed E-state index contributed by atoms with van der Waals surface area (Å²) >= 11 is 3.45. The second kappa shape index (κ2) is 10.1. The number of nitriles is 1. The molecule has 1 fully saturated rings. The molecule has 2 aromatic carbocycles. The van der Waals surface area contributed by atoms with E-state index in [2.05, 4.69) is 21.2 Å². The number of ether oxygens (including phenoxy) is 1. The number of carbonyl (C=O) groups excluding carboxylic acids is 1. The van der Waals surface area contributed by atoms with Gasteiger partial charge in [0.25, 0.3) is 5.91 Å². The predicted octanol–water partition coefficient (Wildman–Crippen LogP) is 5.38. The first-order chi connectivity index (χ1) is 13.7. The predicted molar refractivity (Wildman–Crippen MR) is 114 cm³/mol. The van der Waals surface area contributed by atoms with E-state index in [1.165, 1.54) is 6.42 Å². The van der Waals surface area contributed by atoms with E-state index in [1.807, 2.05) is 54.6 Å². The van der Waals surface area contributed by atoms with Crippen LogP contribution in [0.2, 0.25) is 0 Å². The third-order valence-electron chi connectivity index (χ3n) is 4.81. The van der Waals surface area contributed by atoms with Crippen LogP contribution in [0.4, 0.5) is 0 Å². The highest BCUT2D eigenvalue weighted by molar-refractivity contribution is 9.10. The van der Waals surface area contributed by atoms with Crippen molar-refractivity contribution in [3.8, 4) is 11.8 Å². The molecule has 144 valence electrons. The summed E-state index contributed by atoms with van der Waals surface area (Å²) in [6.07, 6.45) is 7.02. The minimum atomic E-state index is -0.316. The highest BCUT2D eigenvalue weighted by atomic mass is 79.9. The van der Waals surface area contributed by atoms with Crippen molar-refractivity contribution in [1.29, 1.82) is 5.26 Å². The van der Waals surface area contributed by atoms with E-state index < -0.39 is 0 Å². The van der Waals surface area contributed by atoms with Crippen molar-refractivity contribution >= 4 is 27.9 Å². The lowest BCUT2D eigenvalue weighted by atomic mass is 9.95. The molecule has 0 bridgehead atoms. The van der Waals surface area contributed by atoms with Gasteiger partial charge in [0.05, 0.1) is 0 Å². The molecule has 4 nitrogen and oxygen atoms in total. The molecule has 0 saturated heterocycles. The van der Waals surface area contributed by atoms with Gasteiger partial charge in [0.1, 0.15) is 24.0 Å². The molecule has 1 aliphatic carbocycles. The van der Waals surface area contributed by atoms with Crippen molar-refractivity contribution in [2.75, 3.05) is 0 Å². The van der Waals surface area contributed by atoms with Crippen LogP contribution < -0.4 is 10.1 Å². The van der Waals surface area contributed by atoms with E-state index in [0.29, 0.717) is 17.9 Å². The fraction of sp³-hybridized carbons (Fsp3) is 0.304. The number of benzene rings is 2. The third-order valence-corrected chi connectivity index (χ3v) is 5.31. The Hall–Kier alpha value is -2.58. The fourth-order valence-electron chi connectivity index (χ4n) is 3.31. The van der Waals surface area contributed by atoms with Crippen molar-refractivity contribution in [3.63, 3.8) is 0 Å². The van der Waals surface area contributed by atoms with Gasteiger partial charge in [0.15, 0.2) is 0 Å². The number of nitrogens with zero attached hydrogens (tertiary/aromatic N) is 1. The minimum Gasteiger partial charge on any atom is -0.488 e. The lowest BCUT2D eigenvalue weighted by molar-refractivity contribution is -0.117. The number of rotatable bonds is 6. The van der Waals surface area contributed by atoms with Gasteiger partial charge in [-0.2, -0.15) is 5.26 Å². The molecule has 1 amide bonds. The average Bonchev–Trinajstić information content (AvgIpc) is 2.72. The quantitative estimate of drug-likeness (QED) is 0.485. The maximum Gasteiger partial charge on any atom is 0.262 e. The fourth-order valence-corrected chi connectivity index (χ4v) is 3.69. The SMILES string of the molecule is N#C/C(=C\c1cc(Br)ccc1OCc1ccccc1)C(=O)NC1CCCCC1. The van der Waals surface area contributed by atoms with Crippen LogP contribution in [0.25, 0.3) is 6.08 Å². The Morgan fingerprint density at radius 2 is 1.93 bits per heavy atom. The van der Waals surface area contributed by atoms with Gasteiger partial charge in [-0.05, 0) is 42.7 Å². The second-order valence-electron chi connectivity index (χ2n) is 6.93. The van der Waals surface area contributed by atoms with E-state index in [4.69, 9.17) is 4.74 Å². The van der Waals surface area contributed by atoms with Gasteiger partial charge in [0.2, 0.25) is 0 Å². The standard InChI is InChI=1S/C23H23BrN2O2/c24-20-11-12-22(28-16-17-7-3-1-4-8-17)18(14-20)13-19(15-25)23(27)26-21-9-5-2-6-10-21/h1,3-4,7-8,11-14,21H,2,5-6,9-10,16H2,(H,26,27)/b19-13+. The smallest absolute Gasteiger partial charge is 0.262 e. The topological polar surface area (TPSA) is 62.1 Å². The summed E-state index contributed by atoms with van der Waals surface area (Å²) in [6, 6.07) is 17.6. The number of halogens is 1. The van der Waals surface area contributed by atoms with Gasteiger partial charge in [-0.25, -0.2) is 0 Å². The monoisotopic (exact) mass is 438 g/mol. The minimum absolute atomic E-state index is 0.0910. The molecule has 0 aromatic heterocycles. The maximum absolute atomic E-state index is 12.6. The van der Waals surface area contributed by atoms with Crippen LogP contribution in [-0.2, 0) is 11.4 Å². The first-order valence-electron chi connectivity index (χ1n) is 9.54. The molecule has 1 N–H and O–H groups in total. The lowest BCUT2D eigenvalue weighted by Crippen LogP contribution is -2.36. The van der Waals surface area contributed by atoms with E-state index >= 15 is 0 Å². The summed E-state index contributed by atoms with van der Waals surface area (Å²) in [4.78, 5) is 12.6. The molecule has 28 heavy (non-hydrogen) atoms. The van der Waals surface area contributed by atoms with Gasteiger partial charge in [-0.1, -0.05) is 65.5 Å². The van der Waals surface area contributed by atoms with Gasteiger partial charge in [-0.15, -0.1) is 0 Å². The third kappa shape index (κ3) is 5.71. The molecule has 0 spiro atoms. The average molecular weight is 439 g/mol. The summed E-state index contributed by atoms with van der Waals surface area (Å²) < 4.78 is 6.80. The summed E-state index contributed by atoms with van der Waals surface area (Å²) in [5.74, 6) is 0.314. The first-order valence-corrected chi connectivity index (χ1v) is 10.3. The first kappa shape index (κ1) is 20.2. The summed E-state index contributed by atoms with van der Waals surface area (Å²) in [5, 5.41) is 12.5. The number of amides is 1. The number of hydrogen-bond acceptors (Lipinski definition) is 3. The molecule has 0 aliphatic heterocycles. The Morgan fingerprint density at radius 3 is 2.64 bits per heavy atom. The van der Waals surface area contributed by atoms with Crippen LogP contribution in [0, 0.1) is 11.3 Å². The Morgan fingerprint density at radius 1 is 1.18 bits per heavy atom. The molecule has 0 heterocycles. The van der Waals surface area contributed by atoms with Crippen LogP contribution >= 0.6 is 15.9 Å². The zero-order valence-corrected chi connectivity index (χ0v) is 17.2. The van der Waals surface area contributed by atoms with Gasteiger partial charge < -0.3 is 10.1 Å². The number of carbonyl (C=O) groups is 1. The zero-order valence-electron chi connectivity index (χ0n) is 15.7. The summed E-state index contributed by atoms with van der Waals surface area (Å²) in [6.45, 7) is 0.416. The van der Waals surface area contributed by atoms with Crippen molar-refractivity contribution < 1.29 is 9.53 Å². The van der Waals surface area contributed by atoms with Crippen molar-refractivity contribution in [1.82, 2.24) is 5.32 Å². The Labute approximate surface area is 174 Å². The van der Waals surface area contributed by atoms with E-state index in [9.17, 15) is 10.1 Å². The van der Waals surface area contributed by atoms with Gasteiger partial charge in [0, 0.05) is 16.1 Å². The van der Waals surface area contributed by atoms with E-state index in [0.717, 1.165) is 35.7 Å². The second-order valence-corrected chi connectivity index (χ2v) is 7.85. The Bertz CT molecular complexity index is 881. The van der Waals surface area contributed by atoms with Gasteiger partial charge in [-0.3, -0.25) is 4.79 Å². The lowest BCUT2D eigenvalue weighted by Gasteiger charge is -2.22. The molecule has 0 unspecified atom stereocenters. The van der Waals surface area contributed by atoms with Crippen LogP contribution in [0.1, 0.15) is 43.2 Å². The highest BCUT2D eigenvalue weighted by Crippen LogP contribution is 2.27. The van der Waals surface area contributed by atoms with Crippen LogP contribution in [-0.4, -0.2) is 11.9 Å². The molecule has 0 atom stereocenters. The van der Waals surface area contributed by atoms with Crippen LogP contribution in [0.15, 0.2) is 58.6 Å². The number of hydrogen-bond donors (Lipinski definition) is 1. The summed E-state index contributed by atoms with van der Waals surface area (Å²) in [7, 11) is 0. The molecular formula is C23H23BrN2O2. The Kier molecular flexibility index (Phi) is 7.27. The van der Waals surface area contributed by atoms with Crippen molar-refractivity contribution in [2.45, 2.75) is 44.8 Å². The van der Waals surface area contributed by atoms with Crippen molar-refractivity contribution in [2.24, 2.45) is 0 Å². The van der Waals surface area contributed by atoms with Gasteiger partial charge >= 0.3 is 0 Å². The number of nitrogens with one attached hydrogen (secondary N) is 1. The van der Waals surface area contributed by atoms with Crippen LogP contribution in [0.3, 0.4) is 0 Å². The van der Waals surface area contributed by atoms with E-state index in [1.54, 1.807) is 6.08 Å². The molecule has 1 saturated carbocycles. The largest absolute Gasteiger partial charge is 0.488 e. The zero-order chi connectivity index (χ0) is 19.8. The highest BCUT2D eigenvalue weighted by Gasteiger charge is 2.18. The van der Waals surface area contributed by atoms with Crippen molar-refractivity contribution in [3.05, 3.63) is 69.7 Å². The van der Waals surface area contributed by atoms with E-state index in [-0.39, 0.29) is 17.5 Å². The summed E-state index contributed by atoms with van der Waals surface area (Å²) in [5.41, 5.74) is 1.84. The molecular weight excluding hydrogens is 416 g/mol. The van der Waals surface area contributed by atoms with Crippen LogP contribution in [0.5, 0.6) is 5.75 Å².